The minimum absolute atomic E-state index is 0.164. The minimum Gasteiger partial charge on any atom is -0.335 e. The molecule has 1 unspecified atom stereocenters. The van der Waals surface area contributed by atoms with Crippen molar-refractivity contribution >= 4 is 23.1 Å². The van der Waals surface area contributed by atoms with Gasteiger partial charge in [-0.05, 0) is 41.8 Å². The summed E-state index contributed by atoms with van der Waals surface area (Å²) in [5, 5.41) is 11.4. The van der Waals surface area contributed by atoms with Gasteiger partial charge >= 0.3 is 12.2 Å². The standard InChI is InChI=1S/C17H15F3N4OS/c18-17(19,20)12-4-6-13(7-5-12)23-16(25)21-11-14(15-3-1-10-26-15)24-9-2-8-22-24/h1-10,14H,11H2,(H2,21,23,25). The van der Waals surface area contributed by atoms with Crippen LogP contribution >= 0.6 is 11.3 Å². The van der Waals surface area contributed by atoms with Gasteiger partial charge in [0, 0.05) is 29.5 Å². The number of halogens is 3. The number of hydrogen-bond acceptors (Lipinski definition) is 3. The lowest BCUT2D eigenvalue weighted by Crippen LogP contribution is -2.34. The van der Waals surface area contributed by atoms with Crippen LogP contribution in [0.15, 0.2) is 60.2 Å². The van der Waals surface area contributed by atoms with Crippen LogP contribution in [0.5, 0.6) is 0 Å². The summed E-state index contributed by atoms with van der Waals surface area (Å²) in [5.41, 5.74) is -0.484. The molecule has 9 heteroatoms. The highest BCUT2D eigenvalue weighted by Crippen LogP contribution is 2.29. The highest BCUT2D eigenvalue weighted by molar-refractivity contribution is 7.10. The molecule has 0 saturated heterocycles. The molecule has 26 heavy (non-hydrogen) atoms. The summed E-state index contributed by atoms with van der Waals surface area (Å²) in [6.07, 6.45) is -0.943. The second kappa shape index (κ2) is 7.61. The van der Waals surface area contributed by atoms with Crippen LogP contribution in [0.3, 0.4) is 0 Å². The molecule has 1 atom stereocenters. The molecule has 1 aromatic carbocycles. The van der Waals surface area contributed by atoms with Gasteiger partial charge in [-0.1, -0.05) is 6.07 Å². The van der Waals surface area contributed by atoms with Crippen LogP contribution in [-0.2, 0) is 6.18 Å². The van der Waals surface area contributed by atoms with Crippen molar-refractivity contribution in [2.45, 2.75) is 12.2 Å². The molecular weight excluding hydrogens is 365 g/mol. The lowest BCUT2D eigenvalue weighted by atomic mass is 10.2. The number of thiophene rings is 1. The Morgan fingerprint density at radius 1 is 1.19 bits per heavy atom. The number of benzene rings is 1. The van der Waals surface area contributed by atoms with Gasteiger partial charge in [0.15, 0.2) is 0 Å². The van der Waals surface area contributed by atoms with Crippen LogP contribution in [0, 0.1) is 0 Å². The summed E-state index contributed by atoms with van der Waals surface area (Å²) in [5.74, 6) is 0. The van der Waals surface area contributed by atoms with E-state index in [1.165, 1.54) is 12.1 Å². The second-order valence-corrected chi connectivity index (χ2v) is 6.41. The summed E-state index contributed by atoms with van der Waals surface area (Å²) < 4.78 is 39.4. The predicted octanol–water partition coefficient (Wildman–Crippen LogP) is 4.37. The zero-order chi connectivity index (χ0) is 18.6. The fraction of sp³-hybridized carbons (Fsp3) is 0.176. The SMILES string of the molecule is O=C(NCC(c1cccs1)n1cccn1)Nc1ccc(C(F)(F)F)cc1. The number of hydrogen-bond donors (Lipinski definition) is 2. The Bertz CT molecular complexity index is 796. The number of urea groups is 1. The van der Waals surface area contributed by atoms with Gasteiger partial charge in [-0.2, -0.15) is 18.3 Å². The van der Waals surface area contributed by atoms with Crippen LogP contribution in [0.1, 0.15) is 16.5 Å². The average Bonchev–Trinajstić information content (AvgIpc) is 3.29. The smallest absolute Gasteiger partial charge is 0.335 e. The van der Waals surface area contributed by atoms with Crippen molar-refractivity contribution in [1.29, 1.82) is 0 Å². The van der Waals surface area contributed by atoms with E-state index in [0.717, 1.165) is 17.0 Å². The molecule has 5 nitrogen and oxygen atoms in total. The Kier molecular flexibility index (Phi) is 5.27. The molecule has 0 saturated carbocycles. The molecule has 2 N–H and O–H groups in total. The van der Waals surface area contributed by atoms with Crippen LogP contribution in [-0.4, -0.2) is 22.4 Å². The first-order chi connectivity index (χ1) is 12.4. The van der Waals surface area contributed by atoms with Crippen LogP contribution < -0.4 is 10.6 Å². The maximum absolute atomic E-state index is 12.6. The fourth-order valence-electron chi connectivity index (χ4n) is 2.38. The Morgan fingerprint density at radius 3 is 2.54 bits per heavy atom. The first kappa shape index (κ1) is 18.0. The number of aromatic nitrogens is 2. The zero-order valence-corrected chi connectivity index (χ0v) is 14.2. The normalized spacial score (nSPS) is 12.6. The van der Waals surface area contributed by atoms with E-state index in [2.05, 4.69) is 15.7 Å². The number of carbonyl (C=O) groups is 1. The molecule has 0 spiro atoms. The summed E-state index contributed by atoms with van der Waals surface area (Å²) in [7, 11) is 0. The van der Waals surface area contributed by atoms with E-state index in [1.54, 1.807) is 34.5 Å². The predicted molar refractivity (Wildman–Crippen MR) is 93.2 cm³/mol. The van der Waals surface area contributed by atoms with Gasteiger partial charge < -0.3 is 10.6 Å². The van der Waals surface area contributed by atoms with Crippen molar-refractivity contribution < 1.29 is 18.0 Å². The van der Waals surface area contributed by atoms with Crippen molar-refractivity contribution in [2.24, 2.45) is 0 Å². The molecule has 136 valence electrons. The van der Waals surface area contributed by atoms with Crippen molar-refractivity contribution in [2.75, 3.05) is 11.9 Å². The van der Waals surface area contributed by atoms with E-state index < -0.39 is 17.8 Å². The van der Waals surface area contributed by atoms with Crippen molar-refractivity contribution in [3.63, 3.8) is 0 Å². The number of rotatable bonds is 5. The van der Waals surface area contributed by atoms with E-state index in [1.807, 2.05) is 17.5 Å². The first-order valence-electron chi connectivity index (χ1n) is 7.68. The molecule has 0 aliphatic heterocycles. The number of carbonyl (C=O) groups excluding carboxylic acids is 1. The van der Waals surface area contributed by atoms with Crippen molar-refractivity contribution in [3.05, 3.63) is 70.7 Å². The maximum atomic E-state index is 12.6. The highest BCUT2D eigenvalue weighted by atomic mass is 32.1. The molecule has 0 bridgehead atoms. The number of alkyl halides is 3. The summed E-state index contributed by atoms with van der Waals surface area (Å²) in [4.78, 5) is 13.1. The molecular formula is C17H15F3N4OS. The number of nitrogens with one attached hydrogen (secondary N) is 2. The average molecular weight is 380 g/mol. The van der Waals surface area contributed by atoms with Crippen LogP contribution in [0.4, 0.5) is 23.7 Å². The quantitative estimate of drug-likeness (QED) is 0.690. The first-order valence-corrected chi connectivity index (χ1v) is 8.56. The Labute approximate surface area is 151 Å². The topological polar surface area (TPSA) is 59.0 Å². The van der Waals surface area contributed by atoms with E-state index in [-0.39, 0.29) is 18.3 Å². The summed E-state index contributed by atoms with van der Waals surface area (Å²) in [6.45, 7) is 0.286. The molecule has 3 aromatic rings. The van der Waals surface area contributed by atoms with Gasteiger partial charge in [0.05, 0.1) is 5.56 Å². The number of nitrogens with zero attached hydrogens (tertiary/aromatic N) is 2. The van der Waals surface area contributed by atoms with Crippen LogP contribution in [0.25, 0.3) is 0 Å². The maximum Gasteiger partial charge on any atom is 0.416 e. The van der Waals surface area contributed by atoms with Gasteiger partial charge in [0.25, 0.3) is 0 Å². The third-order valence-corrected chi connectivity index (χ3v) is 4.62. The summed E-state index contributed by atoms with van der Waals surface area (Å²) >= 11 is 1.55. The van der Waals surface area contributed by atoms with Gasteiger partial charge in [-0.25, -0.2) is 4.79 Å². The third-order valence-electron chi connectivity index (χ3n) is 3.64. The lowest BCUT2D eigenvalue weighted by Gasteiger charge is -2.17. The van der Waals surface area contributed by atoms with Gasteiger partial charge in [0.1, 0.15) is 6.04 Å². The second-order valence-electron chi connectivity index (χ2n) is 5.43. The molecule has 2 amide bonds. The van der Waals surface area contributed by atoms with Gasteiger partial charge in [-0.3, -0.25) is 4.68 Å². The van der Waals surface area contributed by atoms with Crippen molar-refractivity contribution in [1.82, 2.24) is 15.1 Å². The Hall–Kier alpha value is -2.81. The monoisotopic (exact) mass is 380 g/mol. The van der Waals surface area contributed by atoms with E-state index in [0.29, 0.717) is 0 Å². The molecule has 0 aliphatic carbocycles. The molecule has 2 aromatic heterocycles. The molecule has 0 aliphatic rings. The molecule has 0 radical (unpaired) electrons. The van der Waals surface area contributed by atoms with Gasteiger partial charge in [-0.15, -0.1) is 11.3 Å². The van der Waals surface area contributed by atoms with E-state index in [9.17, 15) is 18.0 Å². The number of anilines is 1. The Morgan fingerprint density at radius 2 is 1.96 bits per heavy atom. The zero-order valence-electron chi connectivity index (χ0n) is 13.4. The van der Waals surface area contributed by atoms with Crippen molar-refractivity contribution in [3.8, 4) is 0 Å². The third kappa shape index (κ3) is 4.42. The van der Waals surface area contributed by atoms with Gasteiger partial charge in [0.2, 0.25) is 0 Å². The Balaban J connectivity index is 1.61. The minimum atomic E-state index is -4.40. The summed E-state index contributed by atoms with van der Waals surface area (Å²) in [6, 6.07) is 9.27. The molecule has 0 fully saturated rings. The number of amides is 2. The van der Waals surface area contributed by atoms with Crippen LogP contribution in [0.2, 0.25) is 0 Å². The van der Waals surface area contributed by atoms with E-state index in [4.69, 9.17) is 0 Å². The lowest BCUT2D eigenvalue weighted by molar-refractivity contribution is -0.137. The fourth-order valence-corrected chi connectivity index (χ4v) is 3.20. The highest BCUT2D eigenvalue weighted by Gasteiger charge is 2.30. The van der Waals surface area contributed by atoms with E-state index >= 15 is 0 Å². The molecule has 2 heterocycles. The largest absolute Gasteiger partial charge is 0.416 e. The molecule has 3 rings (SSSR count).